The molecule has 13 rings (SSSR count). The summed E-state index contributed by atoms with van der Waals surface area (Å²) in [5.41, 5.74) is 21.4. The molecular weight excluding hydrogens is 1290 g/mol. The molecule has 1 fully saturated rings. The summed E-state index contributed by atoms with van der Waals surface area (Å²) in [5, 5.41) is 5.42. The van der Waals surface area contributed by atoms with Gasteiger partial charge in [-0.05, 0) is 190 Å². The topological polar surface area (TPSA) is 77.2 Å². The highest BCUT2D eigenvalue weighted by molar-refractivity contribution is 6.12. The molecule has 0 radical (unpaired) electrons. The van der Waals surface area contributed by atoms with E-state index in [0.717, 1.165) is 108 Å². The van der Waals surface area contributed by atoms with Crippen LogP contribution in [0.4, 0.5) is 29.1 Å². The van der Waals surface area contributed by atoms with Crippen LogP contribution in [0.2, 0.25) is 0 Å². The predicted octanol–water partition coefficient (Wildman–Crippen LogP) is 25.0. The first-order valence-electron chi connectivity index (χ1n) is 35.7. The van der Waals surface area contributed by atoms with Crippen molar-refractivity contribution in [3.8, 4) is 55.8 Å². The monoisotopic (exact) mass is 1380 g/mol. The number of carbonyl (C=O) groups excluding carboxylic acids is 1. The fourth-order valence-corrected chi connectivity index (χ4v) is 13.7. The van der Waals surface area contributed by atoms with E-state index < -0.39 is 0 Å². The molecule has 4 aromatic heterocycles. The van der Waals surface area contributed by atoms with Gasteiger partial charge in [-0.2, -0.15) is 0 Å². The Hall–Kier alpha value is -10.7. The SMILES string of the molecule is C/C=C/c1c(-c2ccc(F)cc2)c2ccccc2n1C(C)C.C/C=C/c1c(C(C)C)nc(N(C)C)c(COC)c1-c1ccc(F)cc1.C/C=C/c1c(C2CC2)nc2ccccc2c1-c1ccc(F)cc1.CCCn1c(-c2ccc(F)cc2)c(-c2ccccc2)c(C(=O)Nc2ccccc2)c1C(C)C. The molecule has 12 heteroatoms. The van der Waals surface area contributed by atoms with E-state index in [2.05, 4.69) is 130 Å². The Kier molecular flexibility index (Phi) is 25.3. The third-order valence-corrected chi connectivity index (χ3v) is 18.1. The van der Waals surface area contributed by atoms with Crippen molar-refractivity contribution in [2.75, 3.05) is 31.4 Å². The molecule has 103 heavy (non-hydrogen) atoms. The first-order chi connectivity index (χ1) is 49.8. The molecule has 0 aliphatic heterocycles. The Morgan fingerprint density at radius 1 is 0.553 bits per heavy atom. The minimum Gasteiger partial charge on any atom is -0.380 e. The van der Waals surface area contributed by atoms with Crippen LogP contribution in [0.3, 0.4) is 0 Å². The first-order valence-corrected chi connectivity index (χ1v) is 35.7. The summed E-state index contributed by atoms with van der Waals surface area (Å²) in [4.78, 5) is 25.7. The summed E-state index contributed by atoms with van der Waals surface area (Å²) < 4.78 is 63.9. The number of methoxy groups -OCH3 is 1. The fraction of sp³-hybridized carbons (Fsp3) is 0.242. The lowest BCUT2D eigenvalue weighted by atomic mass is 9.90. The lowest BCUT2D eigenvalue weighted by Gasteiger charge is -2.25. The summed E-state index contributed by atoms with van der Waals surface area (Å²) in [5.74, 6) is 0.761. The number of ether oxygens (including phenoxy) is 1. The number of hydrogen-bond acceptors (Lipinski definition) is 5. The van der Waals surface area contributed by atoms with E-state index in [4.69, 9.17) is 14.7 Å². The number of aromatic nitrogens is 4. The highest BCUT2D eigenvalue weighted by Gasteiger charge is 2.32. The predicted molar refractivity (Wildman–Crippen MR) is 424 cm³/mol. The number of pyridine rings is 2. The Morgan fingerprint density at radius 2 is 1.04 bits per heavy atom. The summed E-state index contributed by atoms with van der Waals surface area (Å²) in [6.07, 6.45) is 15.8. The molecule has 8 aromatic carbocycles. The molecule has 1 N–H and O–H groups in total. The quantitative estimate of drug-likeness (QED) is 0.0817. The third kappa shape index (κ3) is 17.3. The number of para-hydroxylation sites is 3. The van der Waals surface area contributed by atoms with Gasteiger partial charge in [0.2, 0.25) is 0 Å². The van der Waals surface area contributed by atoms with Crippen LogP contribution in [0.1, 0.15) is 162 Å². The van der Waals surface area contributed by atoms with Gasteiger partial charge in [-0.1, -0.05) is 186 Å². The maximum Gasteiger partial charge on any atom is 0.258 e. The van der Waals surface area contributed by atoms with Crippen molar-refractivity contribution in [1.29, 1.82) is 0 Å². The van der Waals surface area contributed by atoms with Crippen molar-refractivity contribution >= 4 is 57.4 Å². The molecule has 1 aliphatic rings. The summed E-state index contributed by atoms with van der Waals surface area (Å²) in [7, 11) is 5.64. The van der Waals surface area contributed by atoms with Gasteiger partial charge >= 0.3 is 0 Å². The molecule has 0 unspecified atom stereocenters. The van der Waals surface area contributed by atoms with Crippen molar-refractivity contribution in [2.45, 2.75) is 125 Å². The number of fused-ring (bicyclic) bond motifs is 2. The number of anilines is 2. The van der Waals surface area contributed by atoms with Gasteiger partial charge in [-0.25, -0.2) is 22.5 Å². The van der Waals surface area contributed by atoms with Crippen molar-refractivity contribution in [3.63, 3.8) is 0 Å². The molecule has 4 heterocycles. The maximum absolute atomic E-state index is 13.8. The molecule has 8 nitrogen and oxygen atoms in total. The van der Waals surface area contributed by atoms with Gasteiger partial charge in [-0.15, -0.1) is 0 Å². The molecule has 1 amide bonds. The second kappa shape index (κ2) is 34.8. The number of benzene rings is 8. The average molecular weight is 1380 g/mol. The van der Waals surface area contributed by atoms with Gasteiger partial charge in [-0.3, -0.25) is 9.78 Å². The molecular formula is C91H94F4N6O2. The van der Waals surface area contributed by atoms with E-state index in [0.29, 0.717) is 24.1 Å². The first kappa shape index (κ1) is 75.0. The molecule has 0 bridgehead atoms. The van der Waals surface area contributed by atoms with Crippen LogP contribution in [0.5, 0.6) is 0 Å². The van der Waals surface area contributed by atoms with Crippen molar-refractivity contribution in [1.82, 2.24) is 19.1 Å². The molecule has 12 aromatic rings. The molecule has 0 spiro atoms. The van der Waals surface area contributed by atoms with E-state index in [9.17, 15) is 22.4 Å². The van der Waals surface area contributed by atoms with Crippen LogP contribution in [-0.2, 0) is 17.9 Å². The zero-order valence-electron chi connectivity index (χ0n) is 61.5. The third-order valence-electron chi connectivity index (χ3n) is 18.1. The van der Waals surface area contributed by atoms with E-state index in [1.807, 2.05) is 155 Å². The van der Waals surface area contributed by atoms with Crippen LogP contribution < -0.4 is 10.2 Å². The number of nitrogens with zero attached hydrogens (tertiary/aromatic N) is 5. The van der Waals surface area contributed by atoms with Gasteiger partial charge < -0.3 is 24.1 Å². The lowest BCUT2D eigenvalue weighted by molar-refractivity contribution is 0.102. The van der Waals surface area contributed by atoms with Crippen molar-refractivity contribution in [3.05, 3.63) is 293 Å². The van der Waals surface area contributed by atoms with Gasteiger partial charge in [0, 0.05) is 106 Å². The van der Waals surface area contributed by atoms with Crippen LogP contribution in [0, 0.1) is 23.3 Å². The molecule has 0 saturated heterocycles. The highest BCUT2D eigenvalue weighted by atomic mass is 19.1. The Balaban J connectivity index is 0.000000150. The normalized spacial score (nSPS) is 12.2. The second-order valence-corrected chi connectivity index (χ2v) is 26.9. The average Bonchev–Trinajstić information content (AvgIpc) is 1.69. The van der Waals surface area contributed by atoms with Crippen molar-refractivity contribution < 1.29 is 27.1 Å². The van der Waals surface area contributed by atoms with Gasteiger partial charge in [0.25, 0.3) is 5.91 Å². The Labute approximate surface area is 605 Å². The minimum absolute atomic E-state index is 0.115. The maximum atomic E-state index is 13.8. The molecule has 0 atom stereocenters. The second-order valence-electron chi connectivity index (χ2n) is 26.9. The van der Waals surface area contributed by atoms with Gasteiger partial charge in [0.1, 0.15) is 29.1 Å². The largest absolute Gasteiger partial charge is 0.380 e. The van der Waals surface area contributed by atoms with Crippen LogP contribution in [-0.4, -0.2) is 46.2 Å². The van der Waals surface area contributed by atoms with E-state index >= 15 is 0 Å². The van der Waals surface area contributed by atoms with Crippen LogP contribution in [0.25, 0.3) is 95.8 Å². The van der Waals surface area contributed by atoms with Gasteiger partial charge in [0.05, 0.1) is 34.8 Å². The molecule has 1 saturated carbocycles. The Bertz CT molecular complexity index is 4930. The molecule has 1 aliphatic carbocycles. The highest BCUT2D eigenvalue weighted by Crippen LogP contribution is 2.47. The minimum atomic E-state index is -0.278. The van der Waals surface area contributed by atoms with Crippen LogP contribution >= 0.6 is 0 Å². The lowest BCUT2D eigenvalue weighted by Crippen LogP contribution is -2.17. The summed E-state index contributed by atoms with van der Waals surface area (Å²) in [6, 6.07) is 63.2. The van der Waals surface area contributed by atoms with Crippen LogP contribution in [0.15, 0.2) is 224 Å². The summed E-state index contributed by atoms with van der Waals surface area (Å²) in [6.45, 7) is 22.3. The number of nitrogens with one attached hydrogen (secondary N) is 1. The number of allylic oxidation sites excluding steroid dienone is 3. The number of carbonyl (C=O) groups is 1. The van der Waals surface area contributed by atoms with E-state index in [-0.39, 0.29) is 41.0 Å². The standard InChI is InChI=1S/C29H29FN2O.C21H27FN2O.C21H18FN.C20H20FN/c1-4-19-32-27(20(2)3)26(29(33)31-24-13-9-6-10-14-24)25(21-11-7-5-8-12-21)28(32)22-15-17-23(30)18-16-22;1-7-8-17-19(15-9-11-16(22)12-10-15)18(13-25-6)21(24(4)5)23-20(17)14(2)3;1-2-5-18-20(14-10-12-16(22)13-11-14)17-6-3-4-7-19(17)23-21(18)15-8-9-15;1-4-7-19-20(15-10-12-16(21)13-11-15)17-8-5-6-9-18(17)22(19)14(2)3/h5-18,20H,4,19H2,1-3H3,(H,31,33);7-12,14H,13H2,1-6H3;2-7,10-13,15H,8-9H2,1H3;4-14H,1-3H3/b;8-7+;5-2+;7-4+. The zero-order chi connectivity index (χ0) is 73.4. The number of hydrogen-bond donors (Lipinski definition) is 1. The smallest absolute Gasteiger partial charge is 0.258 e. The van der Waals surface area contributed by atoms with E-state index in [1.165, 1.54) is 94.8 Å². The number of halogens is 4. The fourth-order valence-electron chi connectivity index (χ4n) is 13.7. The van der Waals surface area contributed by atoms with Gasteiger partial charge in [0.15, 0.2) is 0 Å². The molecule has 528 valence electrons. The summed E-state index contributed by atoms with van der Waals surface area (Å²) >= 11 is 0. The zero-order valence-corrected chi connectivity index (χ0v) is 61.5. The number of rotatable bonds is 19. The Morgan fingerprint density at radius 3 is 1.54 bits per heavy atom. The van der Waals surface area contributed by atoms with Crippen molar-refractivity contribution in [2.24, 2.45) is 0 Å². The number of amides is 1. The van der Waals surface area contributed by atoms with E-state index in [1.54, 1.807) is 19.2 Å².